The number of hydrogen-bond acceptors (Lipinski definition) is 5. The number of aromatic nitrogens is 2. The van der Waals surface area contributed by atoms with Crippen LogP contribution in [0, 0.1) is 0 Å². The quantitative estimate of drug-likeness (QED) is 0.447. The van der Waals surface area contributed by atoms with Crippen LogP contribution in [0.4, 0.5) is 0 Å². The van der Waals surface area contributed by atoms with Gasteiger partial charge in [0.15, 0.2) is 0 Å². The van der Waals surface area contributed by atoms with Gasteiger partial charge in [-0.15, -0.1) is 0 Å². The van der Waals surface area contributed by atoms with E-state index in [1.54, 1.807) is 12.4 Å². The predicted molar refractivity (Wildman–Crippen MR) is 103 cm³/mol. The Morgan fingerprint density at radius 2 is 1.81 bits per heavy atom. The van der Waals surface area contributed by atoms with Crippen LogP contribution in [0.5, 0.6) is 0 Å². The van der Waals surface area contributed by atoms with Gasteiger partial charge in [-0.2, -0.15) is 16.8 Å². The number of nitrogens with zero attached hydrogens (tertiary/aromatic N) is 2. The third-order valence-electron chi connectivity index (χ3n) is 4.74. The number of fused-ring (bicyclic) bond motifs is 1. The Balaban J connectivity index is 2.35. The molecule has 2 atom stereocenters. The normalized spacial score (nSPS) is 15.1. The summed E-state index contributed by atoms with van der Waals surface area (Å²) in [4.78, 5) is 3.96. The van der Waals surface area contributed by atoms with Gasteiger partial charge in [-0.05, 0) is 38.0 Å². The zero-order valence-corrected chi connectivity index (χ0v) is 17.1. The van der Waals surface area contributed by atoms with E-state index in [-0.39, 0.29) is 17.4 Å². The largest absolute Gasteiger partial charge is 0.327 e. The molecule has 1 aromatic heterocycles. The summed E-state index contributed by atoms with van der Waals surface area (Å²) < 4.78 is 65.9. The van der Waals surface area contributed by atoms with E-state index in [0.717, 1.165) is 25.7 Å². The summed E-state index contributed by atoms with van der Waals surface area (Å²) in [5.74, 6) is 0. The van der Waals surface area contributed by atoms with Gasteiger partial charge in [0, 0.05) is 6.04 Å². The van der Waals surface area contributed by atoms with Crippen LogP contribution < -0.4 is 0 Å². The van der Waals surface area contributed by atoms with Crippen LogP contribution >= 0.6 is 0 Å². The lowest BCUT2D eigenvalue weighted by Gasteiger charge is -2.22. The first-order chi connectivity index (χ1) is 12.5. The number of imidazole rings is 1. The van der Waals surface area contributed by atoms with Crippen molar-refractivity contribution < 1.29 is 25.9 Å². The molecule has 27 heavy (non-hydrogen) atoms. The van der Waals surface area contributed by atoms with E-state index in [1.165, 1.54) is 19.1 Å². The highest BCUT2D eigenvalue weighted by Crippen LogP contribution is 2.29. The van der Waals surface area contributed by atoms with Crippen LogP contribution in [0.1, 0.15) is 58.4 Å². The van der Waals surface area contributed by atoms with Gasteiger partial charge in [0.2, 0.25) is 0 Å². The lowest BCUT2D eigenvalue weighted by atomic mass is 10.0. The smallest absolute Gasteiger partial charge is 0.294 e. The van der Waals surface area contributed by atoms with Crippen molar-refractivity contribution in [3.8, 4) is 0 Å². The molecule has 0 radical (unpaired) electrons. The first-order valence-corrected chi connectivity index (χ1v) is 11.9. The van der Waals surface area contributed by atoms with Crippen molar-refractivity contribution in [2.75, 3.05) is 0 Å². The van der Waals surface area contributed by atoms with Crippen molar-refractivity contribution in [2.45, 2.75) is 68.6 Å². The lowest BCUT2D eigenvalue weighted by Crippen LogP contribution is -2.22. The molecular weight excluding hydrogens is 392 g/mol. The van der Waals surface area contributed by atoms with Crippen LogP contribution in [0.15, 0.2) is 29.4 Å². The van der Waals surface area contributed by atoms with E-state index in [4.69, 9.17) is 0 Å². The molecule has 10 heteroatoms. The molecule has 2 aromatic rings. The maximum Gasteiger partial charge on any atom is 0.294 e. The summed E-state index contributed by atoms with van der Waals surface area (Å²) in [6.07, 6.45) is 6.56. The van der Waals surface area contributed by atoms with Gasteiger partial charge in [0.05, 0.1) is 27.5 Å². The van der Waals surface area contributed by atoms with Gasteiger partial charge < -0.3 is 4.57 Å². The lowest BCUT2D eigenvalue weighted by molar-refractivity contribution is 0.400. The van der Waals surface area contributed by atoms with Crippen molar-refractivity contribution in [1.82, 2.24) is 9.55 Å². The van der Waals surface area contributed by atoms with Crippen LogP contribution in [-0.2, 0) is 20.2 Å². The van der Waals surface area contributed by atoms with Gasteiger partial charge in [-0.25, -0.2) is 4.98 Å². The molecule has 0 aliphatic rings. The zero-order valence-electron chi connectivity index (χ0n) is 15.4. The minimum absolute atomic E-state index is 0.208. The second-order valence-corrected chi connectivity index (χ2v) is 10.1. The fraction of sp³-hybridized carbons (Fsp3) is 0.588. The second-order valence-electron chi connectivity index (χ2n) is 6.84. The second kappa shape index (κ2) is 8.68. The Bertz CT molecular complexity index is 982. The van der Waals surface area contributed by atoms with Gasteiger partial charge in [0.1, 0.15) is 0 Å². The maximum atomic E-state index is 11.5. The summed E-state index contributed by atoms with van der Waals surface area (Å²) in [7, 11) is -8.48. The average molecular weight is 419 g/mol. The molecule has 2 unspecified atom stereocenters. The molecule has 2 N–H and O–H groups in total. The molecule has 0 saturated heterocycles. The van der Waals surface area contributed by atoms with Crippen molar-refractivity contribution in [2.24, 2.45) is 0 Å². The number of unbranched alkanes of at least 4 members (excludes halogenated alkanes) is 3. The molecule has 0 saturated carbocycles. The van der Waals surface area contributed by atoms with Gasteiger partial charge >= 0.3 is 0 Å². The maximum absolute atomic E-state index is 11.5. The predicted octanol–water partition coefficient (Wildman–Crippen LogP) is 3.46. The van der Waals surface area contributed by atoms with E-state index >= 15 is 0 Å². The summed E-state index contributed by atoms with van der Waals surface area (Å²) in [6, 6.07) is 3.90. The minimum atomic E-state index is -4.33. The van der Waals surface area contributed by atoms with E-state index in [1.807, 2.05) is 4.57 Å². The highest BCUT2D eigenvalue weighted by Gasteiger charge is 2.24. The summed E-state index contributed by atoms with van der Waals surface area (Å²) in [6.45, 7) is 3.57. The van der Waals surface area contributed by atoms with Crippen molar-refractivity contribution in [3.63, 3.8) is 0 Å². The van der Waals surface area contributed by atoms with Crippen LogP contribution in [0.2, 0.25) is 0 Å². The van der Waals surface area contributed by atoms with Crippen molar-refractivity contribution in [3.05, 3.63) is 24.5 Å². The van der Waals surface area contributed by atoms with Crippen molar-refractivity contribution in [1.29, 1.82) is 0 Å². The van der Waals surface area contributed by atoms with E-state index in [9.17, 15) is 25.9 Å². The first-order valence-electron chi connectivity index (χ1n) is 8.94. The molecular formula is C17H26N2O6S2. The molecule has 0 aliphatic carbocycles. The molecule has 0 aliphatic heterocycles. The summed E-state index contributed by atoms with van der Waals surface area (Å²) >= 11 is 0. The van der Waals surface area contributed by atoms with Gasteiger partial charge in [0.25, 0.3) is 20.2 Å². The Morgan fingerprint density at radius 3 is 2.41 bits per heavy atom. The molecule has 1 aromatic carbocycles. The van der Waals surface area contributed by atoms with Crippen molar-refractivity contribution >= 4 is 31.3 Å². The molecule has 152 valence electrons. The Morgan fingerprint density at radius 1 is 1.11 bits per heavy atom. The zero-order chi connectivity index (χ0) is 20.2. The molecule has 0 fully saturated rings. The molecule has 2 rings (SSSR count). The Labute approximate surface area is 160 Å². The van der Waals surface area contributed by atoms with Gasteiger partial charge in [-0.3, -0.25) is 9.11 Å². The third kappa shape index (κ3) is 5.74. The highest BCUT2D eigenvalue weighted by atomic mass is 32.2. The Hall–Kier alpha value is -1.49. The van der Waals surface area contributed by atoms with E-state index in [0.29, 0.717) is 17.5 Å². The molecule has 0 bridgehead atoms. The first kappa shape index (κ1) is 21.8. The molecule has 0 spiro atoms. The number of hydrogen-bond donors (Lipinski definition) is 2. The molecule has 8 nitrogen and oxygen atoms in total. The molecule has 0 amide bonds. The van der Waals surface area contributed by atoms with Crippen LogP contribution in [0.3, 0.4) is 0 Å². The SMILES string of the molecule is CCCCCCC(CC(C)S(=O)(=O)O)n1cnc2cc(S(=O)(=O)O)ccc21. The Kier molecular flexibility index (Phi) is 7.01. The fourth-order valence-electron chi connectivity index (χ4n) is 3.15. The van der Waals surface area contributed by atoms with Crippen LogP contribution in [-0.4, -0.2) is 40.7 Å². The van der Waals surface area contributed by atoms with Crippen LogP contribution in [0.25, 0.3) is 11.0 Å². The monoisotopic (exact) mass is 418 g/mol. The number of benzene rings is 1. The highest BCUT2D eigenvalue weighted by molar-refractivity contribution is 7.86. The van der Waals surface area contributed by atoms with E-state index < -0.39 is 25.5 Å². The molecule has 1 heterocycles. The average Bonchev–Trinajstić information content (AvgIpc) is 2.99. The van der Waals surface area contributed by atoms with E-state index in [2.05, 4.69) is 11.9 Å². The topological polar surface area (TPSA) is 127 Å². The summed E-state index contributed by atoms with van der Waals surface area (Å²) in [5.41, 5.74) is 1.04. The third-order valence-corrected chi connectivity index (χ3v) is 6.80. The summed E-state index contributed by atoms with van der Waals surface area (Å²) in [5, 5.41) is -0.928. The fourth-order valence-corrected chi connectivity index (χ4v) is 4.11. The standard InChI is InChI=1S/C17H26N2O6S2/c1-3-4-5-6-7-14(10-13(2)26(20,21)22)19-12-18-16-11-15(27(23,24)25)8-9-17(16)19/h8-9,11-14H,3-7,10H2,1-2H3,(H,20,21,22)(H,23,24,25). The minimum Gasteiger partial charge on any atom is -0.327 e. The number of rotatable bonds is 10. The van der Waals surface area contributed by atoms with Gasteiger partial charge in [-0.1, -0.05) is 32.6 Å².